The Hall–Kier alpha value is -3.11. The minimum absolute atomic E-state index is 0.113. The lowest BCUT2D eigenvalue weighted by Crippen LogP contribution is -2.28. The number of hydrogen-bond acceptors (Lipinski definition) is 5. The van der Waals surface area contributed by atoms with Crippen molar-refractivity contribution in [3.05, 3.63) is 41.3 Å². The first-order chi connectivity index (χ1) is 13.6. The summed E-state index contributed by atoms with van der Waals surface area (Å²) in [5.41, 5.74) is 1.19. The predicted molar refractivity (Wildman–Crippen MR) is 97.1 cm³/mol. The van der Waals surface area contributed by atoms with Crippen LogP contribution in [-0.2, 0) is 11.5 Å². The molecule has 8 nitrogen and oxygen atoms in total. The fraction of sp³-hybridized carbons (Fsp3) is 0.444. The number of nitrogens with one attached hydrogen (secondary N) is 2. The van der Waals surface area contributed by atoms with E-state index >= 15 is 0 Å². The summed E-state index contributed by atoms with van der Waals surface area (Å²) in [6, 6.07) is 2.65. The molecular weight excluding hydrogens is 391 g/mol. The Bertz CT molecular complexity index is 867. The summed E-state index contributed by atoms with van der Waals surface area (Å²) in [4.78, 5) is 27.5. The number of pyridine rings is 1. The minimum atomic E-state index is -4.45. The molecule has 0 aliphatic rings. The van der Waals surface area contributed by atoms with E-state index < -0.39 is 24.7 Å². The molecule has 1 atom stereocenters. The highest BCUT2D eigenvalue weighted by atomic mass is 19.4. The maximum absolute atomic E-state index is 12.4. The van der Waals surface area contributed by atoms with Gasteiger partial charge in [-0.3, -0.25) is 14.3 Å². The van der Waals surface area contributed by atoms with Crippen LogP contribution in [0.25, 0.3) is 0 Å². The monoisotopic (exact) mass is 413 g/mol. The third kappa shape index (κ3) is 6.77. The van der Waals surface area contributed by atoms with E-state index in [4.69, 9.17) is 0 Å². The molecule has 0 saturated heterocycles. The van der Waals surface area contributed by atoms with Crippen LogP contribution >= 0.6 is 0 Å². The summed E-state index contributed by atoms with van der Waals surface area (Å²) in [6.45, 7) is 3.74. The summed E-state index contributed by atoms with van der Waals surface area (Å²) in [6.07, 6.45) is -1.19. The highest BCUT2D eigenvalue weighted by Gasteiger charge is 2.29. The van der Waals surface area contributed by atoms with Gasteiger partial charge in [0.2, 0.25) is 11.8 Å². The average molecular weight is 413 g/mol. The van der Waals surface area contributed by atoms with Gasteiger partial charge in [-0.25, -0.2) is 4.98 Å². The maximum atomic E-state index is 12.4. The summed E-state index contributed by atoms with van der Waals surface area (Å²) in [7, 11) is 0. The van der Waals surface area contributed by atoms with Crippen molar-refractivity contribution in [3.63, 3.8) is 0 Å². The minimum Gasteiger partial charge on any atom is -0.468 e. The zero-order valence-electron chi connectivity index (χ0n) is 16.2. The van der Waals surface area contributed by atoms with Crippen molar-refractivity contribution in [2.75, 3.05) is 6.61 Å². The molecule has 0 spiro atoms. The molecule has 0 aliphatic heterocycles. The number of hydrogen-bond donors (Lipinski definition) is 2. The zero-order chi connectivity index (χ0) is 21.6. The van der Waals surface area contributed by atoms with Gasteiger partial charge in [0, 0.05) is 24.4 Å². The second kappa shape index (κ2) is 9.39. The van der Waals surface area contributed by atoms with Crippen LogP contribution in [0, 0.1) is 6.92 Å². The van der Waals surface area contributed by atoms with E-state index in [1.54, 1.807) is 33.0 Å². The summed E-state index contributed by atoms with van der Waals surface area (Å²) < 4.78 is 42.9. The number of rotatable bonds is 8. The molecule has 0 aromatic carbocycles. The quantitative estimate of drug-likeness (QED) is 0.693. The van der Waals surface area contributed by atoms with Crippen molar-refractivity contribution in [2.45, 2.75) is 46.1 Å². The first kappa shape index (κ1) is 22.2. The molecule has 2 amide bonds. The van der Waals surface area contributed by atoms with Crippen molar-refractivity contribution in [2.24, 2.45) is 0 Å². The van der Waals surface area contributed by atoms with Gasteiger partial charge in [0.15, 0.2) is 6.61 Å². The zero-order valence-corrected chi connectivity index (χ0v) is 16.2. The average Bonchev–Trinajstić information content (AvgIpc) is 3.13. The molecule has 0 radical (unpaired) electrons. The van der Waals surface area contributed by atoms with E-state index in [2.05, 4.69) is 25.5 Å². The van der Waals surface area contributed by atoms with Gasteiger partial charge >= 0.3 is 6.18 Å². The van der Waals surface area contributed by atoms with Crippen LogP contribution in [0.15, 0.2) is 24.5 Å². The molecule has 0 saturated carbocycles. The van der Waals surface area contributed by atoms with Crippen molar-refractivity contribution >= 4 is 11.8 Å². The highest BCUT2D eigenvalue weighted by Crippen LogP contribution is 2.22. The van der Waals surface area contributed by atoms with Crippen molar-refractivity contribution in [1.29, 1.82) is 0 Å². The van der Waals surface area contributed by atoms with E-state index in [9.17, 15) is 22.8 Å². The number of halogens is 3. The molecule has 2 rings (SSSR count). The van der Waals surface area contributed by atoms with Crippen LogP contribution in [0.1, 0.15) is 47.9 Å². The SMILES string of the molecule is CCC(=O)NCn1ccc(C(=O)NC(C)c2cnc(OCC(F)(F)F)c(C)c2)n1. The Morgan fingerprint density at radius 2 is 2.07 bits per heavy atom. The number of alkyl halides is 3. The number of ether oxygens (including phenoxy) is 1. The summed E-state index contributed by atoms with van der Waals surface area (Å²) >= 11 is 0. The van der Waals surface area contributed by atoms with Gasteiger partial charge < -0.3 is 15.4 Å². The Morgan fingerprint density at radius 3 is 2.69 bits per heavy atom. The molecule has 0 bridgehead atoms. The number of nitrogens with zero attached hydrogens (tertiary/aromatic N) is 3. The lowest BCUT2D eigenvalue weighted by atomic mass is 10.1. The van der Waals surface area contributed by atoms with Crippen molar-refractivity contribution < 1.29 is 27.5 Å². The van der Waals surface area contributed by atoms with Crippen LogP contribution in [0.4, 0.5) is 13.2 Å². The first-order valence-electron chi connectivity index (χ1n) is 8.86. The van der Waals surface area contributed by atoms with Gasteiger partial charge in [0.1, 0.15) is 12.4 Å². The molecule has 0 fully saturated rings. The topological polar surface area (TPSA) is 98.1 Å². The summed E-state index contributed by atoms with van der Waals surface area (Å²) in [5.74, 6) is -0.684. The third-order valence-corrected chi connectivity index (χ3v) is 3.90. The van der Waals surface area contributed by atoms with E-state index in [-0.39, 0.29) is 24.1 Å². The Morgan fingerprint density at radius 1 is 1.34 bits per heavy atom. The second-order valence-electron chi connectivity index (χ2n) is 6.34. The Labute approximate surface area is 165 Å². The number of carbonyl (C=O) groups excluding carboxylic acids is 2. The number of carbonyl (C=O) groups is 2. The lowest BCUT2D eigenvalue weighted by Gasteiger charge is -2.16. The van der Waals surface area contributed by atoms with Crippen molar-refractivity contribution in [3.8, 4) is 5.88 Å². The van der Waals surface area contributed by atoms with Crippen LogP contribution in [-0.4, -0.2) is 39.4 Å². The third-order valence-electron chi connectivity index (χ3n) is 3.90. The predicted octanol–water partition coefficient (Wildman–Crippen LogP) is 2.50. The first-order valence-corrected chi connectivity index (χ1v) is 8.86. The second-order valence-corrected chi connectivity index (χ2v) is 6.34. The van der Waals surface area contributed by atoms with Crippen LogP contribution in [0.2, 0.25) is 0 Å². The van der Waals surface area contributed by atoms with Crippen LogP contribution in [0.3, 0.4) is 0 Å². The molecule has 2 aromatic rings. The fourth-order valence-corrected chi connectivity index (χ4v) is 2.34. The van der Waals surface area contributed by atoms with Gasteiger partial charge in [-0.2, -0.15) is 18.3 Å². The summed E-state index contributed by atoms with van der Waals surface area (Å²) in [5, 5.41) is 9.47. The van der Waals surface area contributed by atoms with Gasteiger partial charge in [-0.1, -0.05) is 6.92 Å². The Balaban J connectivity index is 1.96. The molecule has 1 unspecified atom stereocenters. The molecule has 11 heteroatoms. The fourth-order valence-electron chi connectivity index (χ4n) is 2.34. The molecular formula is C18H22F3N5O3. The molecule has 2 aromatic heterocycles. The standard InChI is InChI=1S/C18H22F3N5O3/c1-4-15(27)23-10-26-6-5-14(25-26)16(28)24-12(3)13-7-11(2)17(22-8-13)29-9-18(19,20)21/h5-8,12H,4,9-10H2,1-3H3,(H,23,27)(H,24,28). The lowest BCUT2D eigenvalue weighted by molar-refractivity contribution is -0.154. The Kier molecular flexibility index (Phi) is 7.18. The number of amides is 2. The largest absolute Gasteiger partial charge is 0.468 e. The number of aromatic nitrogens is 3. The molecule has 158 valence electrons. The van der Waals surface area contributed by atoms with E-state index in [1.807, 2.05) is 0 Å². The van der Waals surface area contributed by atoms with Crippen LogP contribution in [0.5, 0.6) is 5.88 Å². The molecule has 0 aliphatic carbocycles. The number of aryl methyl sites for hydroxylation is 1. The van der Waals surface area contributed by atoms with E-state index in [0.717, 1.165) is 0 Å². The smallest absolute Gasteiger partial charge is 0.422 e. The molecule has 2 heterocycles. The molecule has 29 heavy (non-hydrogen) atoms. The molecule has 2 N–H and O–H groups in total. The van der Waals surface area contributed by atoms with Gasteiger partial charge in [0.25, 0.3) is 5.91 Å². The van der Waals surface area contributed by atoms with Crippen LogP contribution < -0.4 is 15.4 Å². The van der Waals surface area contributed by atoms with Gasteiger partial charge in [-0.05, 0) is 31.5 Å². The van der Waals surface area contributed by atoms with E-state index in [0.29, 0.717) is 17.5 Å². The van der Waals surface area contributed by atoms with Crippen molar-refractivity contribution in [1.82, 2.24) is 25.4 Å². The maximum Gasteiger partial charge on any atom is 0.422 e. The van der Waals surface area contributed by atoms with E-state index in [1.165, 1.54) is 16.9 Å². The van der Waals surface area contributed by atoms with Gasteiger partial charge in [0.05, 0.1) is 6.04 Å². The normalized spacial score (nSPS) is 12.3. The van der Waals surface area contributed by atoms with Gasteiger partial charge in [-0.15, -0.1) is 0 Å². The highest BCUT2D eigenvalue weighted by molar-refractivity contribution is 5.92.